The lowest BCUT2D eigenvalue weighted by Gasteiger charge is -2.23. The summed E-state index contributed by atoms with van der Waals surface area (Å²) in [5.41, 5.74) is 1.14. The predicted octanol–water partition coefficient (Wildman–Crippen LogP) is 2.33. The summed E-state index contributed by atoms with van der Waals surface area (Å²) in [6.45, 7) is 7.03. The fraction of sp³-hybridized carbons (Fsp3) is 0.500. The van der Waals surface area contributed by atoms with Gasteiger partial charge >= 0.3 is 5.97 Å². The van der Waals surface area contributed by atoms with Gasteiger partial charge in [0.15, 0.2) is 0 Å². The van der Waals surface area contributed by atoms with E-state index in [2.05, 4.69) is 5.32 Å². The highest BCUT2D eigenvalue weighted by molar-refractivity contribution is 5.77. The molecule has 0 bridgehead atoms. The minimum absolute atomic E-state index is 0.107. The van der Waals surface area contributed by atoms with Gasteiger partial charge in [-0.1, -0.05) is 44.2 Å². The highest BCUT2D eigenvalue weighted by Gasteiger charge is 2.26. The van der Waals surface area contributed by atoms with E-state index in [-0.39, 0.29) is 17.9 Å². The van der Waals surface area contributed by atoms with Crippen LogP contribution in [0, 0.1) is 0 Å². The fourth-order valence-electron chi connectivity index (χ4n) is 1.87. The Labute approximate surface area is 103 Å². The van der Waals surface area contributed by atoms with Crippen molar-refractivity contribution in [2.24, 2.45) is 0 Å². The van der Waals surface area contributed by atoms with E-state index in [0.29, 0.717) is 6.61 Å². The first kappa shape index (κ1) is 13.7. The Morgan fingerprint density at radius 2 is 1.94 bits per heavy atom. The van der Waals surface area contributed by atoms with E-state index in [1.165, 1.54) is 0 Å². The van der Waals surface area contributed by atoms with E-state index < -0.39 is 0 Å². The van der Waals surface area contributed by atoms with Crippen LogP contribution in [-0.2, 0) is 9.53 Å². The van der Waals surface area contributed by atoms with Gasteiger partial charge < -0.3 is 10.1 Å². The second-order valence-corrected chi connectivity index (χ2v) is 3.99. The van der Waals surface area contributed by atoms with E-state index in [1.807, 2.05) is 51.1 Å². The Hall–Kier alpha value is -1.35. The van der Waals surface area contributed by atoms with Gasteiger partial charge in [-0.05, 0) is 19.0 Å². The van der Waals surface area contributed by atoms with Crippen LogP contribution in [0.25, 0.3) is 0 Å². The Morgan fingerprint density at radius 3 is 2.47 bits per heavy atom. The van der Waals surface area contributed by atoms with Gasteiger partial charge in [-0.3, -0.25) is 4.79 Å². The van der Waals surface area contributed by atoms with E-state index in [9.17, 15) is 4.79 Å². The van der Waals surface area contributed by atoms with E-state index in [0.717, 1.165) is 12.1 Å². The average molecular weight is 235 g/mol. The summed E-state index contributed by atoms with van der Waals surface area (Å²) in [4.78, 5) is 11.9. The third-order valence-electron chi connectivity index (χ3n) is 2.79. The van der Waals surface area contributed by atoms with Gasteiger partial charge in [0, 0.05) is 5.92 Å². The molecule has 0 aromatic heterocycles. The van der Waals surface area contributed by atoms with Crippen molar-refractivity contribution in [3.05, 3.63) is 35.9 Å². The van der Waals surface area contributed by atoms with Crippen molar-refractivity contribution in [1.82, 2.24) is 5.32 Å². The molecule has 1 rings (SSSR count). The zero-order valence-corrected chi connectivity index (χ0v) is 10.8. The van der Waals surface area contributed by atoms with Crippen LogP contribution in [0.3, 0.4) is 0 Å². The first-order valence-electron chi connectivity index (χ1n) is 6.15. The molecule has 1 aromatic rings. The zero-order valence-electron chi connectivity index (χ0n) is 10.8. The minimum atomic E-state index is -0.276. The standard InChI is InChI=1S/C14H21NO2/c1-4-15-13(14(16)17-5-2)11(3)12-9-7-6-8-10-12/h6-11,13,15H,4-5H2,1-3H3. The molecule has 1 aromatic carbocycles. The largest absolute Gasteiger partial charge is 0.465 e. The summed E-state index contributed by atoms with van der Waals surface area (Å²) in [5, 5.41) is 3.19. The van der Waals surface area contributed by atoms with Crippen molar-refractivity contribution in [2.75, 3.05) is 13.2 Å². The Kier molecular flexibility index (Phi) is 5.70. The molecule has 0 saturated carbocycles. The summed E-state index contributed by atoms with van der Waals surface area (Å²) in [6.07, 6.45) is 0. The molecule has 1 N–H and O–H groups in total. The average Bonchev–Trinajstić information content (AvgIpc) is 2.36. The number of carbonyl (C=O) groups is 1. The van der Waals surface area contributed by atoms with E-state index in [4.69, 9.17) is 4.74 Å². The third kappa shape index (κ3) is 3.86. The summed E-state index contributed by atoms with van der Waals surface area (Å²) in [5.74, 6) is -0.0686. The van der Waals surface area contributed by atoms with Crippen molar-refractivity contribution >= 4 is 5.97 Å². The number of hydrogen-bond acceptors (Lipinski definition) is 3. The second-order valence-electron chi connectivity index (χ2n) is 3.99. The summed E-state index contributed by atoms with van der Waals surface area (Å²) in [6, 6.07) is 9.74. The van der Waals surface area contributed by atoms with Gasteiger partial charge in [-0.15, -0.1) is 0 Å². The molecule has 0 amide bonds. The normalized spacial score (nSPS) is 14.1. The van der Waals surface area contributed by atoms with Crippen LogP contribution in [0.2, 0.25) is 0 Å². The van der Waals surface area contributed by atoms with Gasteiger partial charge in [0.1, 0.15) is 6.04 Å². The second kappa shape index (κ2) is 7.07. The molecular weight excluding hydrogens is 214 g/mol. The summed E-state index contributed by atoms with van der Waals surface area (Å²) >= 11 is 0. The van der Waals surface area contributed by atoms with Crippen LogP contribution in [-0.4, -0.2) is 25.2 Å². The minimum Gasteiger partial charge on any atom is -0.465 e. The summed E-state index contributed by atoms with van der Waals surface area (Å²) < 4.78 is 5.10. The van der Waals surface area contributed by atoms with E-state index in [1.54, 1.807) is 0 Å². The van der Waals surface area contributed by atoms with Crippen LogP contribution in [0.1, 0.15) is 32.3 Å². The maximum absolute atomic E-state index is 11.9. The molecule has 3 nitrogen and oxygen atoms in total. The van der Waals surface area contributed by atoms with Crippen molar-refractivity contribution in [3.8, 4) is 0 Å². The Bertz CT molecular complexity index is 337. The third-order valence-corrected chi connectivity index (χ3v) is 2.79. The number of likely N-dealkylation sites (N-methyl/N-ethyl adjacent to an activating group) is 1. The first-order valence-corrected chi connectivity index (χ1v) is 6.15. The molecule has 0 aliphatic heterocycles. The smallest absolute Gasteiger partial charge is 0.323 e. The lowest BCUT2D eigenvalue weighted by molar-refractivity contribution is -0.146. The number of ether oxygens (including phenoxy) is 1. The zero-order chi connectivity index (χ0) is 12.7. The molecular formula is C14H21NO2. The van der Waals surface area contributed by atoms with Crippen LogP contribution >= 0.6 is 0 Å². The lowest BCUT2D eigenvalue weighted by Crippen LogP contribution is -2.41. The van der Waals surface area contributed by atoms with Gasteiger partial charge in [0.05, 0.1) is 6.61 Å². The highest BCUT2D eigenvalue weighted by atomic mass is 16.5. The van der Waals surface area contributed by atoms with E-state index >= 15 is 0 Å². The molecule has 2 unspecified atom stereocenters. The van der Waals surface area contributed by atoms with Crippen LogP contribution in [0.4, 0.5) is 0 Å². The van der Waals surface area contributed by atoms with Gasteiger partial charge in [-0.2, -0.15) is 0 Å². The Balaban J connectivity index is 2.80. The van der Waals surface area contributed by atoms with Crippen molar-refractivity contribution < 1.29 is 9.53 Å². The first-order chi connectivity index (χ1) is 8.20. The molecule has 94 valence electrons. The number of carbonyl (C=O) groups excluding carboxylic acids is 1. The number of benzene rings is 1. The van der Waals surface area contributed by atoms with Crippen molar-refractivity contribution in [3.63, 3.8) is 0 Å². The number of rotatable bonds is 6. The molecule has 0 fully saturated rings. The monoisotopic (exact) mass is 235 g/mol. The molecule has 0 aliphatic rings. The van der Waals surface area contributed by atoms with Crippen LogP contribution in [0.15, 0.2) is 30.3 Å². The maximum Gasteiger partial charge on any atom is 0.323 e. The van der Waals surface area contributed by atoms with Crippen LogP contribution in [0.5, 0.6) is 0 Å². The van der Waals surface area contributed by atoms with Gasteiger partial charge in [-0.25, -0.2) is 0 Å². The van der Waals surface area contributed by atoms with Crippen molar-refractivity contribution in [1.29, 1.82) is 0 Å². The fourth-order valence-corrected chi connectivity index (χ4v) is 1.87. The molecule has 2 atom stereocenters. The van der Waals surface area contributed by atoms with Crippen molar-refractivity contribution in [2.45, 2.75) is 32.7 Å². The molecule has 0 saturated heterocycles. The van der Waals surface area contributed by atoms with Gasteiger partial charge in [0.25, 0.3) is 0 Å². The molecule has 0 aliphatic carbocycles. The quantitative estimate of drug-likeness (QED) is 0.769. The van der Waals surface area contributed by atoms with Gasteiger partial charge in [0.2, 0.25) is 0 Å². The Morgan fingerprint density at radius 1 is 1.29 bits per heavy atom. The molecule has 0 spiro atoms. The number of esters is 1. The SMILES string of the molecule is CCNC(C(=O)OCC)C(C)c1ccccc1. The summed E-state index contributed by atoms with van der Waals surface area (Å²) in [7, 11) is 0. The maximum atomic E-state index is 11.9. The number of hydrogen-bond donors (Lipinski definition) is 1. The molecule has 0 radical (unpaired) electrons. The lowest BCUT2D eigenvalue weighted by atomic mass is 9.93. The molecule has 3 heteroatoms. The topological polar surface area (TPSA) is 38.3 Å². The highest BCUT2D eigenvalue weighted by Crippen LogP contribution is 2.19. The molecule has 17 heavy (non-hydrogen) atoms. The van der Waals surface area contributed by atoms with Crippen LogP contribution < -0.4 is 5.32 Å². The molecule has 0 heterocycles. The number of nitrogens with one attached hydrogen (secondary N) is 1. The predicted molar refractivity (Wildman–Crippen MR) is 69.0 cm³/mol.